The third-order valence-corrected chi connectivity index (χ3v) is 8.50. The number of carbonyl (C=O) groups excluding carboxylic acids is 1. The molecule has 198 valence electrons. The fourth-order valence-electron chi connectivity index (χ4n) is 4.06. The molecule has 38 heavy (non-hydrogen) atoms. The lowest BCUT2D eigenvalue weighted by Gasteiger charge is -2.26. The summed E-state index contributed by atoms with van der Waals surface area (Å²) in [6.45, 7) is 5.03. The Hall–Kier alpha value is -2.47. The van der Waals surface area contributed by atoms with Crippen molar-refractivity contribution in [3.63, 3.8) is 0 Å². The Bertz CT molecular complexity index is 1390. The summed E-state index contributed by atoms with van der Waals surface area (Å²) in [4.78, 5) is 19.5. The van der Waals surface area contributed by atoms with E-state index in [1.54, 1.807) is 5.38 Å². The molecule has 12 heteroatoms. The fourth-order valence-corrected chi connectivity index (χ4v) is 6.20. The number of nitrogens with one attached hydrogen (secondary N) is 1. The minimum absolute atomic E-state index is 0.150. The second-order valence-corrected chi connectivity index (χ2v) is 11.3. The number of thiazole rings is 1. The lowest BCUT2D eigenvalue weighted by atomic mass is 10.2. The number of benzene rings is 2. The van der Waals surface area contributed by atoms with Crippen LogP contribution in [0.4, 0.5) is 0 Å². The smallest absolute Gasteiger partial charge is 0.270 e. The van der Waals surface area contributed by atoms with Crippen LogP contribution in [-0.2, 0) is 10.5 Å². The molecule has 0 atom stereocenters. The molecule has 5 rings (SSSR count). The monoisotopic (exact) mass is 588 g/mol. The maximum absolute atomic E-state index is 12.6. The third kappa shape index (κ3) is 6.74. The Labute approximate surface area is 239 Å². The summed E-state index contributed by atoms with van der Waals surface area (Å²) in [6.07, 6.45) is 0.894. The van der Waals surface area contributed by atoms with Crippen molar-refractivity contribution in [3.8, 4) is 17.1 Å². The number of ether oxygens (including phenoxy) is 1. The minimum Gasteiger partial charge on any atom is -0.379 e. The standard InChI is InChI=1S/C26H26Cl2N6O2S2/c27-18-5-3-6-19(15-18)34-24(20-7-1-2-8-21(20)28)31-32-26(34)38-17-23-30-22(16-37-23)25(35)29-9-4-10-33-11-13-36-14-12-33/h1-3,5-8,15-16H,4,9-14,17H2,(H,29,35). The molecular formula is C26H26Cl2N6O2S2. The Balaban J connectivity index is 1.24. The average Bonchev–Trinajstić information content (AvgIpc) is 3.58. The fraction of sp³-hybridized carbons (Fsp3) is 0.308. The van der Waals surface area contributed by atoms with Crippen molar-refractivity contribution in [3.05, 3.63) is 74.7 Å². The van der Waals surface area contributed by atoms with Gasteiger partial charge in [0.1, 0.15) is 10.7 Å². The zero-order valence-corrected chi connectivity index (χ0v) is 23.6. The van der Waals surface area contributed by atoms with Crippen LogP contribution < -0.4 is 5.32 Å². The molecule has 1 saturated heterocycles. The van der Waals surface area contributed by atoms with Crippen molar-refractivity contribution in [1.82, 2.24) is 30.0 Å². The number of aromatic nitrogens is 4. The molecule has 0 unspecified atom stereocenters. The van der Waals surface area contributed by atoms with E-state index >= 15 is 0 Å². The predicted molar refractivity (Wildman–Crippen MR) is 153 cm³/mol. The first-order chi connectivity index (χ1) is 18.6. The summed E-state index contributed by atoms with van der Waals surface area (Å²) in [7, 11) is 0. The Morgan fingerprint density at radius 3 is 2.76 bits per heavy atom. The molecule has 8 nitrogen and oxygen atoms in total. The van der Waals surface area contributed by atoms with Gasteiger partial charge < -0.3 is 10.1 Å². The van der Waals surface area contributed by atoms with Crippen LogP contribution in [0.2, 0.25) is 10.0 Å². The lowest BCUT2D eigenvalue weighted by molar-refractivity contribution is 0.0374. The van der Waals surface area contributed by atoms with E-state index in [4.69, 9.17) is 27.9 Å². The number of carbonyl (C=O) groups is 1. The maximum Gasteiger partial charge on any atom is 0.270 e. The lowest BCUT2D eigenvalue weighted by Crippen LogP contribution is -2.38. The van der Waals surface area contributed by atoms with Gasteiger partial charge in [0.2, 0.25) is 0 Å². The number of thioether (sulfide) groups is 1. The van der Waals surface area contributed by atoms with Crippen LogP contribution in [0.15, 0.2) is 59.1 Å². The number of halogens is 2. The van der Waals surface area contributed by atoms with Crippen molar-refractivity contribution in [2.45, 2.75) is 17.3 Å². The Morgan fingerprint density at radius 1 is 1.11 bits per heavy atom. The van der Waals surface area contributed by atoms with E-state index in [2.05, 4.69) is 25.4 Å². The quantitative estimate of drug-likeness (QED) is 0.195. The number of rotatable bonds is 10. The van der Waals surface area contributed by atoms with Crippen molar-refractivity contribution < 1.29 is 9.53 Å². The van der Waals surface area contributed by atoms with Gasteiger partial charge in [-0.25, -0.2) is 4.98 Å². The number of amides is 1. The van der Waals surface area contributed by atoms with Gasteiger partial charge in [-0.2, -0.15) is 0 Å². The Morgan fingerprint density at radius 2 is 1.95 bits per heavy atom. The minimum atomic E-state index is -0.150. The van der Waals surface area contributed by atoms with Gasteiger partial charge in [0.15, 0.2) is 11.0 Å². The summed E-state index contributed by atoms with van der Waals surface area (Å²) in [6, 6.07) is 15.0. The molecule has 0 saturated carbocycles. The first kappa shape index (κ1) is 27.1. The second kappa shape index (κ2) is 13.1. The molecule has 1 fully saturated rings. The Kier molecular flexibility index (Phi) is 9.31. The van der Waals surface area contributed by atoms with Gasteiger partial charge in [0.05, 0.1) is 29.7 Å². The van der Waals surface area contributed by atoms with Crippen molar-refractivity contribution in [2.75, 3.05) is 39.4 Å². The second-order valence-electron chi connectivity index (χ2n) is 8.58. The van der Waals surface area contributed by atoms with E-state index < -0.39 is 0 Å². The van der Waals surface area contributed by atoms with E-state index in [1.807, 2.05) is 53.1 Å². The molecule has 0 bridgehead atoms. The molecule has 1 aliphatic rings. The van der Waals surface area contributed by atoms with E-state index in [0.717, 1.165) is 55.5 Å². The van der Waals surface area contributed by atoms with E-state index in [-0.39, 0.29) is 5.91 Å². The van der Waals surface area contributed by atoms with Crippen LogP contribution in [0.25, 0.3) is 17.1 Å². The maximum atomic E-state index is 12.6. The molecule has 1 N–H and O–H groups in total. The SMILES string of the molecule is O=C(NCCCN1CCOCC1)c1csc(CSc2nnc(-c3ccccc3Cl)n2-c2cccc(Cl)c2)n1. The molecular weight excluding hydrogens is 563 g/mol. The van der Waals surface area contributed by atoms with Crippen molar-refractivity contribution in [1.29, 1.82) is 0 Å². The molecule has 2 aromatic carbocycles. The first-order valence-electron chi connectivity index (χ1n) is 12.2. The summed E-state index contributed by atoms with van der Waals surface area (Å²) >= 11 is 15.7. The molecule has 4 aromatic rings. The highest BCUT2D eigenvalue weighted by Gasteiger charge is 2.19. The van der Waals surface area contributed by atoms with Crippen LogP contribution in [0, 0.1) is 0 Å². The van der Waals surface area contributed by atoms with E-state index in [9.17, 15) is 4.79 Å². The van der Waals surface area contributed by atoms with Gasteiger partial charge in [-0.3, -0.25) is 14.3 Å². The van der Waals surface area contributed by atoms with Crippen LogP contribution >= 0.6 is 46.3 Å². The van der Waals surface area contributed by atoms with Crippen molar-refractivity contribution >= 4 is 52.2 Å². The normalized spacial score (nSPS) is 14.1. The summed E-state index contributed by atoms with van der Waals surface area (Å²) in [5.74, 6) is 1.01. The van der Waals surface area contributed by atoms with Gasteiger partial charge in [-0.05, 0) is 43.3 Å². The number of nitrogens with zero attached hydrogens (tertiary/aromatic N) is 5. The van der Waals surface area contributed by atoms with Gasteiger partial charge in [0.25, 0.3) is 5.91 Å². The topological polar surface area (TPSA) is 85.2 Å². The number of morpholine rings is 1. The predicted octanol–water partition coefficient (Wildman–Crippen LogP) is 5.44. The molecule has 3 heterocycles. The van der Waals surface area contributed by atoms with Crippen LogP contribution in [-0.4, -0.2) is 69.9 Å². The van der Waals surface area contributed by atoms with E-state index in [0.29, 0.717) is 39.0 Å². The highest BCUT2D eigenvalue weighted by atomic mass is 35.5. The molecule has 0 aliphatic carbocycles. The molecule has 0 radical (unpaired) electrons. The van der Waals surface area contributed by atoms with Crippen LogP contribution in [0.1, 0.15) is 21.9 Å². The molecule has 1 amide bonds. The molecule has 1 aliphatic heterocycles. The average molecular weight is 590 g/mol. The summed E-state index contributed by atoms with van der Waals surface area (Å²) in [5, 5.41) is 16.4. The third-order valence-electron chi connectivity index (χ3n) is 5.96. The van der Waals surface area contributed by atoms with Gasteiger partial charge >= 0.3 is 0 Å². The van der Waals surface area contributed by atoms with Crippen molar-refractivity contribution in [2.24, 2.45) is 0 Å². The summed E-state index contributed by atoms with van der Waals surface area (Å²) < 4.78 is 7.31. The van der Waals surface area contributed by atoms with Crippen LogP contribution in [0.3, 0.4) is 0 Å². The molecule has 0 spiro atoms. The zero-order chi connectivity index (χ0) is 26.3. The largest absolute Gasteiger partial charge is 0.379 e. The van der Waals surface area contributed by atoms with Gasteiger partial charge in [-0.1, -0.05) is 53.2 Å². The number of hydrogen-bond acceptors (Lipinski definition) is 8. The van der Waals surface area contributed by atoms with Gasteiger partial charge in [0, 0.05) is 35.6 Å². The summed E-state index contributed by atoms with van der Waals surface area (Å²) in [5.41, 5.74) is 2.04. The van der Waals surface area contributed by atoms with Crippen LogP contribution in [0.5, 0.6) is 0 Å². The van der Waals surface area contributed by atoms with Gasteiger partial charge in [-0.15, -0.1) is 21.5 Å². The number of hydrogen-bond donors (Lipinski definition) is 1. The first-order valence-corrected chi connectivity index (χ1v) is 14.8. The highest BCUT2D eigenvalue weighted by Crippen LogP contribution is 2.33. The highest BCUT2D eigenvalue weighted by molar-refractivity contribution is 7.98. The molecule has 2 aromatic heterocycles. The zero-order valence-electron chi connectivity index (χ0n) is 20.5. The van der Waals surface area contributed by atoms with E-state index in [1.165, 1.54) is 23.1 Å².